The highest BCUT2D eigenvalue weighted by Gasteiger charge is 2.24. The summed E-state index contributed by atoms with van der Waals surface area (Å²) in [7, 11) is 1.56. The first-order valence-corrected chi connectivity index (χ1v) is 9.06. The van der Waals surface area contributed by atoms with Crippen LogP contribution in [0.25, 0.3) is 0 Å². The molecule has 26 heavy (non-hydrogen) atoms. The summed E-state index contributed by atoms with van der Waals surface area (Å²) in [6.45, 7) is 2.76. The quantitative estimate of drug-likeness (QED) is 0.749. The molecule has 1 fully saturated rings. The van der Waals surface area contributed by atoms with Gasteiger partial charge < -0.3 is 9.64 Å². The summed E-state index contributed by atoms with van der Waals surface area (Å²) in [5.74, 6) is -0.502. The number of carbonyl (C=O) groups excluding carboxylic acids is 1. The lowest BCUT2D eigenvalue weighted by atomic mass is 10.1. The average molecular weight is 425 g/mol. The summed E-state index contributed by atoms with van der Waals surface area (Å²) in [5, 5.41) is 0. The van der Waals surface area contributed by atoms with Crippen molar-refractivity contribution < 1.29 is 18.3 Å². The van der Waals surface area contributed by atoms with E-state index in [1.807, 2.05) is 0 Å². The normalized spacial score (nSPS) is 15.2. The maximum atomic E-state index is 13.9. The van der Waals surface area contributed by atoms with Gasteiger partial charge in [0.2, 0.25) is 0 Å². The van der Waals surface area contributed by atoms with E-state index in [9.17, 15) is 13.6 Å². The Morgan fingerprint density at radius 2 is 1.85 bits per heavy atom. The standard InChI is InChI=1S/C19H19BrF2N2O2/c1-26-18-5-3-15(21)10-13(18)12-23-6-8-24(9-7-23)19(25)16-11-14(20)2-4-17(16)22/h2-5,10-11H,6-9,12H2,1H3. The summed E-state index contributed by atoms with van der Waals surface area (Å²) >= 11 is 3.27. The largest absolute Gasteiger partial charge is 0.496 e. The Morgan fingerprint density at radius 1 is 1.12 bits per heavy atom. The molecule has 0 spiro atoms. The van der Waals surface area contributed by atoms with Crippen LogP contribution in [0.15, 0.2) is 40.9 Å². The van der Waals surface area contributed by atoms with E-state index >= 15 is 0 Å². The van der Waals surface area contributed by atoms with Crippen LogP contribution in [-0.2, 0) is 6.54 Å². The summed E-state index contributed by atoms with van der Waals surface area (Å²) < 4.78 is 33.4. The minimum absolute atomic E-state index is 0.0691. The van der Waals surface area contributed by atoms with Crippen molar-refractivity contribution in [2.45, 2.75) is 6.54 Å². The van der Waals surface area contributed by atoms with Gasteiger partial charge in [0.05, 0.1) is 12.7 Å². The number of amides is 1. The molecule has 2 aromatic rings. The Morgan fingerprint density at radius 3 is 2.54 bits per heavy atom. The molecule has 1 heterocycles. The van der Waals surface area contributed by atoms with Gasteiger partial charge in [-0.3, -0.25) is 9.69 Å². The highest BCUT2D eigenvalue weighted by Crippen LogP contribution is 2.22. The third-order valence-electron chi connectivity index (χ3n) is 4.45. The zero-order valence-electron chi connectivity index (χ0n) is 14.3. The number of carbonyl (C=O) groups is 1. The van der Waals surface area contributed by atoms with E-state index < -0.39 is 5.82 Å². The summed E-state index contributed by atoms with van der Waals surface area (Å²) in [5.41, 5.74) is 0.838. The fourth-order valence-corrected chi connectivity index (χ4v) is 3.41. The van der Waals surface area contributed by atoms with Crippen LogP contribution in [-0.4, -0.2) is 49.0 Å². The van der Waals surface area contributed by atoms with E-state index in [4.69, 9.17) is 4.74 Å². The van der Waals surface area contributed by atoms with Crippen molar-refractivity contribution in [1.29, 1.82) is 0 Å². The van der Waals surface area contributed by atoms with Gasteiger partial charge >= 0.3 is 0 Å². The Kier molecular flexibility index (Phi) is 5.88. The average Bonchev–Trinajstić information content (AvgIpc) is 2.64. The fraction of sp³-hybridized carbons (Fsp3) is 0.316. The first kappa shape index (κ1) is 18.8. The molecule has 0 aliphatic carbocycles. The predicted octanol–water partition coefficient (Wildman–Crippen LogP) is 3.69. The SMILES string of the molecule is COc1ccc(F)cc1CN1CCN(C(=O)c2cc(Br)ccc2F)CC1. The molecule has 0 N–H and O–H groups in total. The van der Waals surface area contributed by atoms with Crippen LogP contribution in [0.4, 0.5) is 8.78 Å². The lowest BCUT2D eigenvalue weighted by molar-refractivity contribution is 0.0623. The van der Waals surface area contributed by atoms with Crippen molar-refractivity contribution >= 4 is 21.8 Å². The maximum absolute atomic E-state index is 13.9. The predicted molar refractivity (Wildman–Crippen MR) is 98.2 cm³/mol. The Bertz CT molecular complexity index is 808. The number of hydrogen-bond donors (Lipinski definition) is 0. The van der Waals surface area contributed by atoms with Gasteiger partial charge in [0.1, 0.15) is 17.4 Å². The van der Waals surface area contributed by atoms with Crippen molar-refractivity contribution in [2.24, 2.45) is 0 Å². The number of halogens is 3. The molecule has 0 atom stereocenters. The molecule has 2 aromatic carbocycles. The van der Waals surface area contributed by atoms with Crippen LogP contribution in [0.1, 0.15) is 15.9 Å². The molecule has 0 unspecified atom stereocenters. The third-order valence-corrected chi connectivity index (χ3v) is 4.95. The van der Waals surface area contributed by atoms with Crippen LogP contribution in [0.2, 0.25) is 0 Å². The first-order valence-electron chi connectivity index (χ1n) is 8.27. The Balaban J connectivity index is 1.63. The summed E-state index contributed by atoms with van der Waals surface area (Å²) in [6, 6.07) is 8.79. The smallest absolute Gasteiger partial charge is 0.256 e. The maximum Gasteiger partial charge on any atom is 0.256 e. The summed E-state index contributed by atoms with van der Waals surface area (Å²) in [6.07, 6.45) is 0. The molecular formula is C19H19BrF2N2O2. The third kappa shape index (κ3) is 4.22. The van der Waals surface area contributed by atoms with Crippen LogP contribution in [0.5, 0.6) is 5.75 Å². The van der Waals surface area contributed by atoms with E-state index in [0.29, 0.717) is 42.9 Å². The molecule has 1 amide bonds. The van der Waals surface area contributed by atoms with E-state index in [-0.39, 0.29) is 17.3 Å². The van der Waals surface area contributed by atoms with E-state index in [1.54, 1.807) is 24.1 Å². The van der Waals surface area contributed by atoms with Gasteiger partial charge in [0.15, 0.2) is 0 Å². The van der Waals surface area contributed by atoms with Crippen LogP contribution >= 0.6 is 15.9 Å². The minimum atomic E-state index is -0.523. The van der Waals surface area contributed by atoms with Crippen molar-refractivity contribution in [3.05, 3.63) is 63.6 Å². The number of hydrogen-bond acceptors (Lipinski definition) is 3. The van der Waals surface area contributed by atoms with Crippen molar-refractivity contribution in [2.75, 3.05) is 33.3 Å². The zero-order valence-corrected chi connectivity index (χ0v) is 15.9. The molecule has 3 rings (SSSR count). The molecule has 7 heteroatoms. The van der Waals surface area contributed by atoms with Gasteiger partial charge in [0, 0.05) is 42.8 Å². The Hall–Kier alpha value is -1.99. The fourth-order valence-electron chi connectivity index (χ4n) is 3.05. The molecule has 138 valence electrons. The van der Waals surface area contributed by atoms with Gasteiger partial charge in [-0.2, -0.15) is 0 Å². The lowest BCUT2D eigenvalue weighted by Gasteiger charge is -2.35. The molecular weight excluding hydrogens is 406 g/mol. The number of rotatable bonds is 4. The number of piperazine rings is 1. The van der Waals surface area contributed by atoms with Crippen molar-refractivity contribution in [3.8, 4) is 5.75 Å². The molecule has 0 saturated carbocycles. The minimum Gasteiger partial charge on any atom is -0.496 e. The zero-order chi connectivity index (χ0) is 18.7. The second-order valence-corrected chi connectivity index (χ2v) is 7.06. The van der Waals surface area contributed by atoms with Gasteiger partial charge in [-0.05, 0) is 36.4 Å². The Labute approximate surface area is 159 Å². The van der Waals surface area contributed by atoms with Gasteiger partial charge in [-0.25, -0.2) is 8.78 Å². The van der Waals surface area contributed by atoms with Crippen LogP contribution in [0.3, 0.4) is 0 Å². The van der Waals surface area contributed by atoms with Gasteiger partial charge in [-0.15, -0.1) is 0 Å². The first-order chi connectivity index (χ1) is 12.5. The van der Waals surface area contributed by atoms with E-state index in [2.05, 4.69) is 20.8 Å². The second kappa shape index (κ2) is 8.14. The highest BCUT2D eigenvalue weighted by atomic mass is 79.9. The number of nitrogens with zero attached hydrogens (tertiary/aromatic N) is 2. The number of ether oxygens (including phenoxy) is 1. The molecule has 4 nitrogen and oxygen atoms in total. The second-order valence-electron chi connectivity index (χ2n) is 6.15. The summed E-state index contributed by atoms with van der Waals surface area (Å²) in [4.78, 5) is 16.3. The topological polar surface area (TPSA) is 32.8 Å². The molecule has 0 aromatic heterocycles. The molecule has 1 saturated heterocycles. The van der Waals surface area contributed by atoms with Crippen molar-refractivity contribution in [3.63, 3.8) is 0 Å². The molecule has 1 aliphatic rings. The molecule has 1 aliphatic heterocycles. The lowest BCUT2D eigenvalue weighted by Crippen LogP contribution is -2.48. The van der Waals surface area contributed by atoms with Gasteiger partial charge in [-0.1, -0.05) is 15.9 Å². The number of methoxy groups -OCH3 is 1. The monoisotopic (exact) mass is 424 g/mol. The van der Waals surface area contributed by atoms with Crippen molar-refractivity contribution in [1.82, 2.24) is 9.80 Å². The highest BCUT2D eigenvalue weighted by molar-refractivity contribution is 9.10. The molecule has 0 radical (unpaired) electrons. The molecule has 0 bridgehead atoms. The van der Waals surface area contributed by atoms with Gasteiger partial charge in [0.25, 0.3) is 5.91 Å². The van der Waals surface area contributed by atoms with E-state index in [0.717, 1.165) is 5.56 Å². The van der Waals surface area contributed by atoms with Crippen LogP contribution in [0, 0.1) is 11.6 Å². The van der Waals surface area contributed by atoms with E-state index in [1.165, 1.54) is 24.3 Å². The van der Waals surface area contributed by atoms with Crippen LogP contribution < -0.4 is 4.74 Å². The number of benzene rings is 2.